The van der Waals surface area contributed by atoms with Crippen LogP contribution < -0.4 is 0 Å². The molecule has 0 heterocycles. The highest BCUT2D eigenvalue weighted by Gasteiger charge is 2.57. The lowest BCUT2D eigenvalue weighted by Gasteiger charge is -2.47. The van der Waals surface area contributed by atoms with Gasteiger partial charge in [0.05, 0.1) is 22.3 Å². The van der Waals surface area contributed by atoms with Crippen molar-refractivity contribution >= 4 is 10.8 Å². The molecule has 0 aromatic heterocycles. The molecule has 0 aliphatic heterocycles. The smallest absolute Gasteiger partial charge is 0.258 e. The fraction of sp³-hybridized carbons (Fsp3) is 1.00. The first-order valence-electron chi connectivity index (χ1n) is 8.61. The van der Waals surface area contributed by atoms with E-state index in [0.717, 1.165) is 0 Å². The Bertz CT molecular complexity index is 455. The van der Waals surface area contributed by atoms with Crippen molar-refractivity contribution in [3.8, 4) is 0 Å². The van der Waals surface area contributed by atoms with Crippen molar-refractivity contribution in [2.45, 2.75) is 98.4 Å². The number of rotatable bonds is 4. The Balaban J connectivity index is 2.38. The monoisotopic (exact) mass is 414 g/mol. The SMILES string of the molecule is O=S(C1(CC(F)(F)F)CCC(F)CC1)C1(CC(F)(F)F)CCC(F)CC1. The van der Waals surface area contributed by atoms with Gasteiger partial charge in [0.1, 0.15) is 12.3 Å². The summed E-state index contributed by atoms with van der Waals surface area (Å²) in [5.74, 6) is 0. The minimum absolute atomic E-state index is 0.254. The van der Waals surface area contributed by atoms with Gasteiger partial charge in [0.25, 0.3) is 0 Å². The zero-order chi connectivity index (χ0) is 19.8. The molecule has 0 N–H and O–H groups in total. The van der Waals surface area contributed by atoms with Crippen LogP contribution in [-0.4, -0.2) is 38.4 Å². The maximum Gasteiger partial charge on any atom is 0.390 e. The second-order valence-electron chi connectivity index (χ2n) is 7.57. The molecule has 0 bridgehead atoms. The zero-order valence-electron chi connectivity index (χ0n) is 14.1. The van der Waals surface area contributed by atoms with E-state index >= 15 is 0 Å². The highest BCUT2D eigenvalue weighted by Crippen LogP contribution is 2.52. The van der Waals surface area contributed by atoms with Crippen molar-refractivity contribution in [1.82, 2.24) is 0 Å². The summed E-state index contributed by atoms with van der Waals surface area (Å²) in [5.41, 5.74) is 0. The molecule has 0 aromatic rings. The summed E-state index contributed by atoms with van der Waals surface area (Å²) in [6, 6.07) is 0. The normalized spacial score (nSPS) is 38.2. The van der Waals surface area contributed by atoms with Gasteiger partial charge in [-0.15, -0.1) is 0 Å². The van der Waals surface area contributed by atoms with Crippen LogP contribution in [0.25, 0.3) is 0 Å². The average molecular weight is 414 g/mol. The molecule has 154 valence electrons. The summed E-state index contributed by atoms with van der Waals surface area (Å²) < 4.78 is 115. The van der Waals surface area contributed by atoms with Crippen molar-refractivity contribution in [1.29, 1.82) is 0 Å². The van der Waals surface area contributed by atoms with Gasteiger partial charge in [0.15, 0.2) is 0 Å². The van der Waals surface area contributed by atoms with E-state index < -0.39 is 57.8 Å². The summed E-state index contributed by atoms with van der Waals surface area (Å²) in [6.07, 6.45) is -17.7. The summed E-state index contributed by atoms with van der Waals surface area (Å²) in [4.78, 5) is 0. The first-order chi connectivity index (χ1) is 11.8. The van der Waals surface area contributed by atoms with E-state index in [-0.39, 0.29) is 51.4 Å². The van der Waals surface area contributed by atoms with Crippen LogP contribution in [0.3, 0.4) is 0 Å². The van der Waals surface area contributed by atoms with Crippen LogP contribution in [-0.2, 0) is 10.8 Å². The molecule has 0 aromatic carbocycles. The molecule has 10 heteroatoms. The molecular weight excluding hydrogens is 392 g/mol. The topological polar surface area (TPSA) is 17.1 Å². The van der Waals surface area contributed by atoms with Crippen molar-refractivity contribution in [2.24, 2.45) is 0 Å². The second-order valence-corrected chi connectivity index (χ2v) is 9.84. The maximum absolute atomic E-state index is 13.5. The Kier molecular flexibility index (Phi) is 6.35. The lowest BCUT2D eigenvalue weighted by atomic mass is 9.83. The molecule has 2 aliphatic rings. The Morgan fingerprint density at radius 1 is 0.692 bits per heavy atom. The van der Waals surface area contributed by atoms with E-state index in [0.29, 0.717) is 0 Å². The Labute approximate surface area is 149 Å². The molecule has 0 unspecified atom stereocenters. The largest absolute Gasteiger partial charge is 0.390 e. The maximum atomic E-state index is 13.5. The van der Waals surface area contributed by atoms with E-state index in [2.05, 4.69) is 0 Å². The van der Waals surface area contributed by atoms with Crippen LogP contribution in [0.1, 0.15) is 64.2 Å². The van der Waals surface area contributed by atoms with E-state index in [1.54, 1.807) is 0 Å². The van der Waals surface area contributed by atoms with Crippen molar-refractivity contribution in [2.75, 3.05) is 0 Å². The molecule has 2 aliphatic carbocycles. The summed E-state index contributed by atoms with van der Waals surface area (Å²) >= 11 is 0. The predicted octanol–water partition coefficient (Wildman–Crippen LogP) is 5.94. The van der Waals surface area contributed by atoms with Gasteiger partial charge >= 0.3 is 12.4 Å². The van der Waals surface area contributed by atoms with Gasteiger partial charge in [-0.3, -0.25) is 4.21 Å². The summed E-state index contributed by atoms with van der Waals surface area (Å²) in [7, 11) is -2.51. The van der Waals surface area contributed by atoms with E-state index in [4.69, 9.17) is 0 Å². The third-order valence-electron chi connectivity index (χ3n) is 5.48. The molecule has 0 amide bonds. The average Bonchev–Trinajstić information content (AvgIpc) is 2.49. The van der Waals surface area contributed by atoms with Crippen molar-refractivity contribution in [3.05, 3.63) is 0 Å². The summed E-state index contributed by atoms with van der Waals surface area (Å²) in [5, 5.41) is 0. The molecular formula is C16H22F8OS. The lowest BCUT2D eigenvalue weighted by Crippen LogP contribution is -2.54. The first kappa shape index (κ1) is 21.9. The fourth-order valence-corrected chi connectivity index (χ4v) is 6.98. The molecule has 0 spiro atoms. The third kappa shape index (κ3) is 5.32. The van der Waals surface area contributed by atoms with Gasteiger partial charge < -0.3 is 0 Å². The highest BCUT2D eigenvalue weighted by molar-refractivity contribution is 7.87. The first-order valence-corrected chi connectivity index (χ1v) is 9.76. The molecule has 2 fully saturated rings. The Hall–Kier alpha value is -0.410. The van der Waals surface area contributed by atoms with Gasteiger partial charge in [-0.2, -0.15) is 26.3 Å². The van der Waals surface area contributed by atoms with E-state index in [1.807, 2.05) is 0 Å². The predicted molar refractivity (Wildman–Crippen MR) is 81.7 cm³/mol. The van der Waals surface area contributed by atoms with Gasteiger partial charge in [-0.05, 0) is 51.4 Å². The molecule has 2 saturated carbocycles. The highest BCUT2D eigenvalue weighted by atomic mass is 32.2. The number of hydrogen-bond donors (Lipinski definition) is 0. The van der Waals surface area contributed by atoms with Crippen LogP contribution >= 0.6 is 0 Å². The van der Waals surface area contributed by atoms with Crippen LogP contribution in [0.5, 0.6) is 0 Å². The van der Waals surface area contributed by atoms with Crippen LogP contribution in [0, 0.1) is 0 Å². The van der Waals surface area contributed by atoms with Gasteiger partial charge in [-0.1, -0.05) is 0 Å². The minimum Gasteiger partial charge on any atom is -0.258 e. The molecule has 2 rings (SSSR count). The van der Waals surface area contributed by atoms with Crippen LogP contribution in [0.15, 0.2) is 0 Å². The van der Waals surface area contributed by atoms with Crippen molar-refractivity contribution < 1.29 is 39.3 Å². The number of halogens is 8. The lowest BCUT2D eigenvalue weighted by molar-refractivity contribution is -0.146. The van der Waals surface area contributed by atoms with Gasteiger partial charge in [0, 0.05) is 10.8 Å². The van der Waals surface area contributed by atoms with Crippen molar-refractivity contribution in [3.63, 3.8) is 0 Å². The quantitative estimate of drug-likeness (QED) is 0.520. The van der Waals surface area contributed by atoms with Crippen LogP contribution in [0.2, 0.25) is 0 Å². The number of hydrogen-bond acceptors (Lipinski definition) is 1. The minimum atomic E-state index is -4.73. The number of alkyl halides is 8. The standard InChI is InChI=1S/C16H22F8OS/c17-11-1-5-13(6-2-11,9-15(19,20)21)26(25)14(10-16(22,23)24)7-3-12(18)4-8-14/h11-12H,1-10H2. The molecule has 26 heavy (non-hydrogen) atoms. The van der Waals surface area contributed by atoms with Crippen LogP contribution in [0.4, 0.5) is 35.1 Å². The third-order valence-corrected chi connectivity index (χ3v) is 8.16. The molecule has 0 radical (unpaired) electrons. The molecule has 0 atom stereocenters. The van der Waals surface area contributed by atoms with E-state index in [9.17, 15) is 39.3 Å². The summed E-state index contributed by atoms with van der Waals surface area (Å²) in [6.45, 7) is 0. The molecule has 0 saturated heterocycles. The Morgan fingerprint density at radius 2 is 0.962 bits per heavy atom. The van der Waals surface area contributed by atoms with Gasteiger partial charge in [-0.25, -0.2) is 8.78 Å². The Morgan fingerprint density at radius 3 is 1.19 bits per heavy atom. The molecule has 1 nitrogen and oxygen atoms in total. The zero-order valence-corrected chi connectivity index (χ0v) is 14.9. The second kappa shape index (κ2) is 7.54. The van der Waals surface area contributed by atoms with Gasteiger partial charge in [0.2, 0.25) is 0 Å². The fourth-order valence-electron chi connectivity index (χ4n) is 4.26. The van der Waals surface area contributed by atoms with E-state index in [1.165, 1.54) is 0 Å².